The fourth-order valence-electron chi connectivity index (χ4n) is 1.59. The van der Waals surface area contributed by atoms with Crippen molar-refractivity contribution in [2.45, 2.75) is 45.4 Å². The minimum atomic E-state index is 0.589. The van der Waals surface area contributed by atoms with Crippen LogP contribution in [0.3, 0.4) is 0 Å². The lowest BCUT2D eigenvalue weighted by Gasteiger charge is -2.08. The molecule has 0 unspecified atom stereocenters. The lowest BCUT2D eigenvalue weighted by atomic mass is 10.0. The van der Waals surface area contributed by atoms with Gasteiger partial charge in [0.05, 0.1) is 6.61 Å². The van der Waals surface area contributed by atoms with Crippen LogP contribution in [0.4, 0.5) is 0 Å². The van der Waals surface area contributed by atoms with Crippen molar-refractivity contribution in [1.82, 2.24) is 0 Å². The van der Waals surface area contributed by atoms with Crippen molar-refractivity contribution in [3.05, 3.63) is 36.8 Å². The highest BCUT2D eigenvalue weighted by molar-refractivity contribution is 5.28. The maximum absolute atomic E-state index is 5.67. The molecule has 0 aliphatic carbocycles. The van der Waals surface area contributed by atoms with Crippen LogP contribution in [0, 0.1) is 6.92 Å². The minimum Gasteiger partial charge on any atom is -0.494 e. The maximum Gasteiger partial charge on any atom is 0.119 e. The van der Waals surface area contributed by atoms with E-state index in [1.54, 1.807) is 0 Å². The second kappa shape index (κ2) is 7.32. The summed E-state index contributed by atoms with van der Waals surface area (Å²) < 4.78 is 5.67. The summed E-state index contributed by atoms with van der Waals surface area (Å²) in [6.45, 7) is 9.05. The average Bonchev–Trinajstić information content (AvgIpc) is 2.29. The molecule has 0 spiro atoms. The molecule has 1 rings (SSSR count). The highest BCUT2D eigenvalue weighted by Crippen LogP contribution is 2.18. The van der Waals surface area contributed by atoms with Crippen molar-refractivity contribution in [2.75, 3.05) is 6.61 Å². The second-order valence-electron chi connectivity index (χ2n) is 4.49. The van der Waals surface area contributed by atoms with Gasteiger partial charge in [0, 0.05) is 0 Å². The van der Waals surface area contributed by atoms with Crippen LogP contribution < -0.4 is 4.74 Å². The highest BCUT2D eigenvalue weighted by Gasteiger charge is 1.99. The summed E-state index contributed by atoms with van der Waals surface area (Å²) in [6.07, 6.45) is 4.58. The molecule has 0 amide bonds. The Hall–Kier alpha value is -0.980. The molecule has 0 fully saturated rings. The number of benzene rings is 1. The normalized spacial score (nSPS) is 10.8. The average molecular weight is 219 g/mol. The van der Waals surface area contributed by atoms with Crippen LogP contribution in [0.2, 0.25) is 0 Å². The molecule has 0 aliphatic rings. The number of ether oxygens (including phenoxy) is 1. The molecule has 0 saturated carbocycles. The smallest absolute Gasteiger partial charge is 0.119 e. The SMILES string of the molecule is [CH2]CCCCCOc1ccc(C(C)C)cc1. The molecule has 0 N–H and O–H groups in total. The predicted octanol–water partition coefficient (Wildman–Crippen LogP) is 4.58. The Bertz CT molecular complexity index is 274. The van der Waals surface area contributed by atoms with Crippen LogP contribution in [0.25, 0.3) is 0 Å². The first-order chi connectivity index (χ1) is 7.74. The van der Waals surface area contributed by atoms with Crippen LogP contribution in [-0.2, 0) is 0 Å². The predicted molar refractivity (Wildman–Crippen MR) is 69.9 cm³/mol. The summed E-state index contributed by atoms with van der Waals surface area (Å²) in [4.78, 5) is 0. The first-order valence-corrected chi connectivity index (χ1v) is 6.26. The largest absolute Gasteiger partial charge is 0.494 e. The van der Waals surface area contributed by atoms with Gasteiger partial charge in [0.25, 0.3) is 0 Å². The molecule has 0 aliphatic heterocycles. The Morgan fingerprint density at radius 1 is 1.06 bits per heavy atom. The van der Waals surface area contributed by atoms with Gasteiger partial charge in [-0.05, 0) is 30.0 Å². The standard InChI is InChI=1S/C15H23O/c1-4-5-6-7-12-16-15-10-8-14(9-11-15)13(2)3/h8-11,13H,1,4-7,12H2,2-3H3. The Kier molecular flexibility index (Phi) is 5.99. The van der Waals surface area contributed by atoms with E-state index in [0.717, 1.165) is 25.2 Å². The van der Waals surface area contributed by atoms with Crippen LogP contribution in [-0.4, -0.2) is 6.61 Å². The molecule has 0 saturated heterocycles. The van der Waals surface area contributed by atoms with Crippen LogP contribution >= 0.6 is 0 Å². The summed E-state index contributed by atoms with van der Waals surface area (Å²) in [5.74, 6) is 1.57. The van der Waals surface area contributed by atoms with Gasteiger partial charge in [-0.15, -0.1) is 0 Å². The molecule has 16 heavy (non-hydrogen) atoms. The van der Waals surface area contributed by atoms with E-state index in [1.165, 1.54) is 18.4 Å². The van der Waals surface area contributed by atoms with Gasteiger partial charge in [-0.1, -0.05) is 52.2 Å². The fraction of sp³-hybridized carbons (Fsp3) is 0.533. The summed E-state index contributed by atoms with van der Waals surface area (Å²) in [5, 5.41) is 0. The molecule has 0 heterocycles. The molecule has 1 heteroatoms. The molecule has 1 aromatic carbocycles. The third-order valence-electron chi connectivity index (χ3n) is 2.71. The van der Waals surface area contributed by atoms with Crippen LogP contribution in [0.5, 0.6) is 5.75 Å². The topological polar surface area (TPSA) is 9.23 Å². The second-order valence-corrected chi connectivity index (χ2v) is 4.49. The summed E-state index contributed by atoms with van der Waals surface area (Å²) in [5.41, 5.74) is 1.37. The van der Waals surface area contributed by atoms with E-state index in [0.29, 0.717) is 5.92 Å². The Morgan fingerprint density at radius 2 is 1.75 bits per heavy atom. The van der Waals surface area contributed by atoms with Gasteiger partial charge in [-0.3, -0.25) is 0 Å². The zero-order valence-corrected chi connectivity index (χ0v) is 10.5. The summed E-state index contributed by atoms with van der Waals surface area (Å²) in [7, 11) is 0. The lowest BCUT2D eigenvalue weighted by Crippen LogP contribution is -1.97. The van der Waals surface area contributed by atoms with E-state index < -0.39 is 0 Å². The maximum atomic E-state index is 5.67. The first-order valence-electron chi connectivity index (χ1n) is 6.26. The summed E-state index contributed by atoms with van der Waals surface area (Å²) >= 11 is 0. The van der Waals surface area contributed by atoms with E-state index in [1.807, 2.05) is 0 Å². The zero-order valence-electron chi connectivity index (χ0n) is 10.5. The molecular weight excluding hydrogens is 196 g/mol. The third kappa shape index (κ3) is 4.69. The van der Waals surface area contributed by atoms with Crippen LogP contribution in [0.1, 0.15) is 51.0 Å². The van der Waals surface area contributed by atoms with Crippen molar-refractivity contribution in [1.29, 1.82) is 0 Å². The molecule has 0 bridgehead atoms. The first kappa shape index (κ1) is 13.1. The number of rotatable bonds is 7. The van der Waals surface area contributed by atoms with Gasteiger partial charge in [0.2, 0.25) is 0 Å². The molecular formula is C15H23O. The van der Waals surface area contributed by atoms with E-state index in [2.05, 4.69) is 45.0 Å². The van der Waals surface area contributed by atoms with E-state index in [-0.39, 0.29) is 0 Å². The zero-order chi connectivity index (χ0) is 11.8. The molecule has 0 aromatic heterocycles. The van der Waals surface area contributed by atoms with E-state index in [4.69, 9.17) is 4.74 Å². The highest BCUT2D eigenvalue weighted by atomic mass is 16.5. The van der Waals surface area contributed by atoms with Gasteiger partial charge >= 0.3 is 0 Å². The van der Waals surface area contributed by atoms with Crippen molar-refractivity contribution in [2.24, 2.45) is 0 Å². The van der Waals surface area contributed by atoms with Gasteiger partial charge in [-0.2, -0.15) is 0 Å². The van der Waals surface area contributed by atoms with Crippen molar-refractivity contribution < 1.29 is 4.74 Å². The third-order valence-corrected chi connectivity index (χ3v) is 2.71. The van der Waals surface area contributed by atoms with Crippen molar-refractivity contribution >= 4 is 0 Å². The van der Waals surface area contributed by atoms with Gasteiger partial charge in [0.1, 0.15) is 5.75 Å². The summed E-state index contributed by atoms with van der Waals surface area (Å²) in [6, 6.07) is 8.43. The Labute approximate surface area is 99.8 Å². The van der Waals surface area contributed by atoms with Crippen molar-refractivity contribution in [3.8, 4) is 5.75 Å². The van der Waals surface area contributed by atoms with Gasteiger partial charge < -0.3 is 4.74 Å². The Balaban J connectivity index is 2.27. The fourth-order valence-corrected chi connectivity index (χ4v) is 1.59. The molecule has 1 radical (unpaired) electrons. The van der Waals surface area contributed by atoms with E-state index >= 15 is 0 Å². The number of hydrogen-bond acceptors (Lipinski definition) is 1. The quantitative estimate of drug-likeness (QED) is 0.610. The molecule has 1 nitrogen and oxygen atoms in total. The van der Waals surface area contributed by atoms with Gasteiger partial charge in [0.15, 0.2) is 0 Å². The minimum absolute atomic E-state index is 0.589. The number of unbranched alkanes of at least 4 members (excludes halogenated alkanes) is 3. The molecule has 1 aromatic rings. The van der Waals surface area contributed by atoms with Gasteiger partial charge in [-0.25, -0.2) is 0 Å². The monoisotopic (exact) mass is 219 g/mol. The van der Waals surface area contributed by atoms with E-state index in [9.17, 15) is 0 Å². The lowest BCUT2D eigenvalue weighted by molar-refractivity contribution is 0.305. The number of hydrogen-bond donors (Lipinski definition) is 0. The molecule has 0 atom stereocenters. The van der Waals surface area contributed by atoms with Crippen molar-refractivity contribution in [3.63, 3.8) is 0 Å². The Morgan fingerprint density at radius 3 is 2.31 bits per heavy atom. The van der Waals surface area contributed by atoms with Crippen LogP contribution in [0.15, 0.2) is 24.3 Å². The molecule has 89 valence electrons.